The van der Waals surface area contributed by atoms with Crippen LogP contribution in [-0.2, 0) is 9.59 Å². The molecule has 176 valence electrons. The summed E-state index contributed by atoms with van der Waals surface area (Å²) in [5, 5.41) is 1.95. The molecule has 2 aromatic rings. The highest BCUT2D eigenvalue weighted by molar-refractivity contribution is 5.87. The number of hydrogen-bond acceptors (Lipinski definition) is 4. The second kappa shape index (κ2) is 11.2. The van der Waals surface area contributed by atoms with Crippen LogP contribution in [0.25, 0.3) is 10.8 Å². The average molecular weight is 443 g/mol. The van der Waals surface area contributed by atoms with Gasteiger partial charge in [0.2, 0.25) is 0 Å². The van der Waals surface area contributed by atoms with Crippen LogP contribution in [0.3, 0.4) is 0 Å². The van der Waals surface area contributed by atoms with Crippen LogP contribution in [0.2, 0.25) is 0 Å². The number of nitrogens with zero attached hydrogens (tertiary/aromatic N) is 2. The van der Waals surface area contributed by atoms with Crippen LogP contribution >= 0.6 is 0 Å². The first-order chi connectivity index (χ1) is 15.0. The number of benzene rings is 2. The molecule has 6 nitrogen and oxygen atoms in total. The molecule has 0 fully saturated rings. The van der Waals surface area contributed by atoms with Gasteiger partial charge in [-0.15, -0.1) is 0 Å². The van der Waals surface area contributed by atoms with Crippen LogP contribution in [0, 0.1) is 0 Å². The first-order valence-corrected chi connectivity index (χ1v) is 11.4. The number of hydrogen-bond donors (Lipinski definition) is 0. The molecule has 0 spiro atoms. The highest BCUT2D eigenvalue weighted by atomic mass is 16.5. The van der Waals surface area contributed by atoms with E-state index in [4.69, 9.17) is 9.47 Å². The van der Waals surface area contributed by atoms with Crippen LogP contribution in [0.4, 0.5) is 0 Å². The quantitative estimate of drug-likeness (QED) is 0.526. The number of ether oxygens (including phenoxy) is 2. The van der Waals surface area contributed by atoms with Crippen molar-refractivity contribution in [3.05, 3.63) is 36.4 Å². The Kier molecular flexibility index (Phi) is 8.93. The number of carbonyl (C=O) groups excluding carboxylic acids is 2. The summed E-state index contributed by atoms with van der Waals surface area (Å²) in [5.74, 6) is 0.739. The number of rotatable bonds is 10. The molecule has 0 aliphatic rings. The van der Waals surface area contributed by atoms with E-state index in [9.17, 15) is 9.59 Å². The minimum absolute atomic E-state index is 0.0779. The Labute approximate surface area is 192 Å². The van der Waals surface area contributed by atoms with Gasteiger partial charge in [-0.3, -0.25) is 9.59 Å². The summed E-state index contributed by atoms with van der Waals surface area (Å²) in [6, 6.07) is 11.9. The van der Waals surface area contributed by atoms with Gasteiger partial charge in [0.05, 0.1) is 0 Å². The summed E-state index contributed by atoms with van der Waals surface area (Å²) in [7, 11) is 0. The first-order valence-electron chi connectivity index (χ1n) is 11.4. The number of fused-ring (bicyclic) bond motifs is 1. The third kappa shape index (κ3) is 6.38. The Morgan fingerprint density at radius 1 is 0.656 bits per heavy atom. The van der Waals surface area contributed by atoms with Gasteiger partial charge in [0.25, 0.3) is 11.8 Å². The molecule has 0 aliphatic carbocycles. The van der Waals surface area contributed by atoms with Gasteiger partial charge in [0.1, 0.15) is 0 Å². The number of amides is 2. The molecular formula is C26H38N2O4. The molecule has 0 saturated carbocycles. The van der Waals surface area contributed by atoms with E-state index < -0.39 is 0 Å². The Hall–Kier alpha value is -2.76. The zero-order valence-electron chi connectivity index (χ0n) is 20.7. The van der Waals surface area contributed by atoms with Crippen molar-refractivity contribution < 1.29 is 19.1 Å². The molecule has 0 aliphatic heterocycles. The monoisotopic (exact) mass is 442 g/mol. The molecule has 0 heterocycles. The highest BCUT2D eigenvalue weighted by Crippen LogP contribution is 2.33. The second-order valence-electron chi connectivity index (χ2n) is 9.20. The maximum absolute atomic E-state index is 12.8. The van der Waals surface area contributed by atoms with Gasteiger partial charge >= 0.3 is 0 Å². The summed E-state index contributed by atoms with van der Waals surface area (Å²) < 4.78 is 11.9. The van der Waals surface area contributed by atoms with Crippen molar-refractivity contribution in [2.45, 2.75) is 79.6 Å². The lowest BCUT2D eigenvalue weighted by atomic mass is 10.1. The third-order valence-corrected chi connectivity index (χ3v) is 5.32. The molecular weight excluding hydrogens is 404 g/mol. The molecule has 0 radical (unpaired) electrons. The molecule has 0 saturated heterocycles. The number of carbonyl (C=O) groups is 2. The summed E-state index contributed by atoms with van der Waals surface area (Å²) in [6.07, 6.45) is 0. The van der Waals surface area contributed by atoms with Gasteiger partial charge in [-0.25, -0.2) is 0 Å². The van der Waals surface area contributed by atoms with Crippen LogP contribution in [0.5, 0.6) is 11.5 Å². The van der Waals surface area contributed by atoms with Crippen molar-refractivity contribution in [3.8, 4) is 11.5 Å². The fraction of sp³-hybridized carbons (Fsp3) is 0.538. The molecule has 0 atom stereocenters. The molecule has 32 heavy (non-hydrogen) atoms. The van der Waals surface area contributed by atoms with Crippen molar-refractivity contribution in [2.75, 3.05) is 13.2 Å². The van der Waals surface area contributed by atoms with Crippen molar-refractivity contribution in [1.82, 2.24) is 9.80 Å². The van der Waals surface area contributed by atoms with Crippen molar-refractivity contribution in [1.29, 1.82) is 0 Å². The lowest BCUT2D eigenvalue weighted by molar-refractivity contribution is -0.138. The first kappa shape index (κ1) is 25.5. The SMILES string of the molecule is CC(C)N(C(=O)COc1cc2ccccc2cc1OCC(=O)N(C(C)C)C(C)C)C(C)C. The van der Waals surface area contributed by atoms with Crippen LogP contribution in [0.1, 0.15) is 55.4 Å². The lowest BCUT2D eigenvalue weighted by Crippen LogP contribution is -2.44. The van der Waals surface area contributed by atoms with E-state index in [0.717, 1.165) is 10.8 Å². The van der Waals surface area contributed by atoms with Gasteiger partial charge in [-0.1, -0.05) is 24.3 Å². The van der Waals surface area contributed by atoms with E-state index in [2.05, 4.69) is 0 Å². The molecule has 2 aromatic carbocycles. The minimum atomic E-state index is -0.0941. The van der Waals surface area contributed by atoms with E-state index in [-0.39, 0.29) is 49.2 Å². The molecule has 0 aromatic heterocycles. The lowest BCUT2D eigenvalue weighted by Gasteiger charge is -2.31. The van der Waals surface area contributed by atoms with Gasteiger partial charge in [0, 0.05) is 24.2 Å². The predicted octanol–water partition coefficient (Wildman–Crippen LogP) is 4.89. The third-order valence-electron chi connectivity index (χ3n) is 5.32. The van der Waals surface area contributed by atoms with Crippen molar-refractivity contribution in [2.24, 2.45) is 0 Å². The van der Waals surface area contributed by atoms with E-state index >= 15 is 0 Å². The molecule has 0 bridgehead atoms. The topological polar surface area (TPSA) is 59.1 Å². The van der Waals surface area contributed by atoms with E-state index in [1.165, 1.54) is 0 Å². The van der Waals surface area contributed by atoms with Gasteiger partial charge in [-0.2, -0.15) is 0 Å². The fourth-order valence-corrected chi connectivity index (χ4v) is 4.20. The van der Waals surface area contributed by atoms with Gasteiger partial charge in [0.15, 0.2) is 24.7 Å². The summed E-state index contributed by atoms with van der Waals surface area (Å²) in [4.78, 5) is 29.2. The Balaban J connectivity index is 2.25. The largest absolute Gasteiger partial charge is 0.480 e. The smallest absolute Gasteiger partial charge is 0.260 e. The molecule has 0 N–H and O–H groups in total. The predicted molar refractivity (Wildman–Crippen MR) is 129 cm³/mol. The van der Waals surface area contributed by atoms with E-state index in [1.807, 2.05) is 91.8 Å². The normalized spacial score (nSPS) is 11.5. The average Bonchev–Trinajstić information content (AvgIpc) is 2.69. The standard InChI is InChI=1S/C26H38N2O4/c1-17(2)27(18(3)4)25(29)15-31-23-13-21-11-9-10-12-22(21)14-24(23)32-16-26(30)28(19(5)6)20(7)8/h9-14,17-20H,15-16H2,1-8H3. The summed E-state index contributed by atoms with van der Waals surface area (Å²) in [5.41, 5.74) is 0. The van der Waals surface area contributed by atoms with Gasteiger partial charge in [-0.05, 0) is 78.3 Å². The molecule has 6 heteroatoms. The van der Waals surface area contributed by atoms with Crippen LogP contribution < -0.4 is 9.47 Å². The fourth-order valence-electron chi connectivity index (χ4n) is 4.20. The van der Waals surface area contributed by atoms with Crippen molar-refractivity contribution in [3.63, 3.8) is 0 Å². The minimum Gasteiger partial charge on any atom is -0.480 e. The Morgan fingerprint density at radius 3 is 1.25 bits per heavy atom. The molecule has 2 rings (SSSR count). The van der Waals surface area contributed by atoms with E-state index in [0.29, 0.717) is 11.5 Å². The molecule has 2 amide bonds. The summed E-state index contributed by atoms with van der Waals surface area (Å²) >= 11 is 0. The van der Waals surface area contributed by atoms with Crippen LogP contribution in [0.15, 0.2) is 36.4 Å². The Bertz CT molecular complexity index is 831. The zero-order valence-corrected chi connectivity index (χ0v) is 20.7. The van der Waals surface area contributed by atoms with Crippen LogP contribution in [-0.4, -0.2) is 59.0 Å². The second-order valence-corrected chi connectivity index (χ2v) is 9.20. The summed E-state index contributed by atoms with van der Waals surface area (Å²) in [6.45, 7) is 15.7. The zero-order chi connectivity index (χ0) is 24.0. The molecule has 0 unspecified atom stereocenters. The maximum atomic E-state index is 12.8. The van der Waals surface area contributed by atoms with Crippen molar-refractivity contribution >= 4 is 22.6 Å². The van der Waals surface area contributed by atoms with Gasteiger partial charge < -0.3 is 19.3 Å². The highest BCUT2D eigenvalue weighted by Gasteiger charge is 2.23. The van der Waals surface area contributed by atoms with E-state index in [1.54, 1.807) is 9.80 Å². The maximum Gasteiger partial charge on any atom is 0.260 e. The Morgan fingerprint density at radius 2 is 0.969 bits per heavy atom.